The van der Waals surface area contributed by atoms with Gasteiger partial charge >= 0.3 is 0 Å². The molecule has 0 amide bonds. The number of aliphatic hydroxyl groups excluding tert-OH is 13. The van der Waals surface area contributed by atoms with E-state index in [1.54, 1.807) is 20.8 Å². The van der Waals surface area contributed by atoms with Crippen molar-refractivity contribution in [3.05, 3.63) is 0 Å². The molecule has 0 aromatic rings. The Labute approximate surface area is 362 Å². The number of ether oxygens (including phenoxy) is 10. The summed E-state index contributed by atoms with van der Waals surface area (Å²) in [5, 5.41) is 126. The first kappa shape index (κ1) is 57.2. The summed E-state index contributed by atoms with van der Waals surface area (Å²) in [6.07, 6.45) is -20.9. The molecular formula is C39H76O23. The third kappa shape index (κ3) is 13.2. The van der Waals surface area contributed by atoms with Crippen LogP contribution >= 0.6 is 0 Å². The molecule has 370 valence electrons. The standard InChI is InChI=1S/C22H40O13.2C8H16O5.CH4/c1-8-10(3)31-19(11(26)5-23)18(8)34-21-9(2)17(14(27)12(6-24)32-21)33-22-16(29)15(28)20(35-22)13(7-25)30-4;1-4-6(10)7(11)8(13-4)5(3-9)12-2;1-4-6(10)8(12-2)7(11)5(3-9)13-4;/h8-29H,5-7H2,1-4H3;2*4-11H,3H2,1-2H3;1H4/t8-,9?,10-,11-,12?,13-,14-,15?,16+,17-,18?,19+,20+,21+,22-;4-,5-,6-,7?,8+;4-,5?,6?,7+,8-;/m111./s1. The van der Waals surface area contributed by atoms with Crippen molar-refractivity contribution in [1.82, 2.24) is 0 Å². The van der Waals surface area contributed by atoms with Gasteiger partial charge in [-0.2, -0.15) is 0 Å². The molecule has 23 heteroatoms. The molecule has 5 heterocycles. The fourth-order valence-electron chi connectivity index (χ4n) is 7.96. The molecule has 5 saturated heterocycles. The van der Waals surface area contributed by atoms with Crippen molar-refractivity contribution >= 4 is 0 Å². The van der Waals surface area contributed by atoms with Gasteiger partial charge in [0.2, 0.25) is 0 Å². The summed E-state index contributed by atoms with van der Waals surface area (Å²) >= 11 is 0. The highest BCUT2D eigenvalue weighted by molar-refractivity contribution is 4.97. The van der Waals surface area contributed by atoms with Gasteiger partial charge in [-0.25, -0.2) is 0 Å². The minimum Gasteiger partial charge on any atom is -0.394 e. The summed E-state index contributed by atoms with van der Waals surface area (Å²) in [4.78, 5) is 0. The molecule has 5 rings (SSSR count). The molecule has 62 heavy (non-hydrogen) atoms. The highest BCUT2D eigenvalue weighted by Gasteiger charge is 2.54. The number of rotatable bonds is 15. The van der Waals surface area contributed by atoms with Crippen molar-refractivity contribution in [3.63, 3.8) is 0 Å². The van der Waals surface area contributed by atoms with Crippen molar-refractivity contribution in [2.24, 2.45) is 11.8 Å². The molecule has 25 atom stereocenters. The molecule has 5 fully saturated rings. The molecule has 0 radical (unpaired) electrons. The van der Waals surface area contributed by atoms with Crippen molar-refractivity contribution in [2.45, 2.75) is 183 Å². The Balaban J connectivity index is 0.000000399. The first-order valence-electron chi connectivity index (χ1n) is 20.5. The lowest BCUT2D eigenvalue weighted by Crippen LogP contribution is -2.59. The second-order valence-corrected chi connectivity index (χ2v) is 16.1. The molecule has 5 aliphatic heterocycles. The molecule has 0 spiro atoms. The lowest BCUT2D eigenvalue weighted by atomic mass is 9.91. The van der Waals surface area contributed by atoms with Crippen molar-refractivity contribution in [1.29, 1.82) is 0 Å². The average Bonchev–Trinajstić information content (AvgIpc) is 3.80. The summed E-state index contributed by atoms with van der Waals surface area (Å²) in [5.41, 5.74) is 0. The van der Waals surface area contributed by atoms with Crippen LogP contribution in [0.3, 0.4) is 0 Å². The number of hydrogen-bond donors (Lipinski definition) is 13. The van der Waals surface area contributed by atoms with Crippen LogP contribution in [-0.4, -0.2) is 262 Å². The van der Waals surface area contributed by atoms with Gasteiger partial charge in [-0.05, 0) is 20.8 Å². The van der Waals surface area contributed by atoms with E-state index >= 15 is 0 Å². The molecule has 0 aromatic heterocycles. The maximum atomic E-state index is 10.8. The van der Waals surface area contributed by atoms with E-state index < -0.39 is 160 Å². The van der Waals surface area contributed by atoms with Crippen LogP contribution in [0.2, 0.25) is 0 Å². The van der Waals surface area contributed by atoms with E-state index in [9.17, 15) is 56.2 Å². The smallest absolute Gasteiger partial charge is 0.187 e. The van der Waals surface area contributed by atoms with Gasteiger partial charge < -0.3 is 114 Å². The Kier molecular flexibility index (Phi) is 24.4. The molecule has 7 unspecified atom stereocenters. The summed E-state index contributed by atoms with van der Waals surface area (Å²) in [7, 11) is 4.15. The van der Waals surface area contributed by atoms with Gasteiger partial charge in [0.1, 0.15) is 97.7 Å². The predicted molar refractivity (Wildman–Crippen MR) is 211 cm³/mol. The molecule has 0 bridgehead atoms. The Morgan fingerprint density at radius 2 is 0.919 bits per heavy atom. The Morgan fingerprint density at radius 3 is 1.39 bits per heavy atom. The van der Waals surface area contributed by atoms with Gasteiger partial charge in [0.15, 0.2) is 12.6 Å². The van der Waals surface area contributed by atoms with Crippen LogP contribution in [-0.2, 0) is 47.4 Å². The molecule has 0 aromatic carbocycles. The first-order valence-corrected chi connectivity index (χ1v) is 20.5. The normalized spacial score (nSPS) is 45.8. The maximum Gasteiger partial charge on any atom is 0.187 e. The van der Waals surface area contributed by atoms with Crippen LogP contribution in [0.25, 0.3) is 0 Å². The second-order valence-electron chi connectivity index (χ2n) is 16.1. The molecule has 5 aliphatic rings. The van der Waals surface area contributed by atoms with Crippen LogP contribution < -0.4 is 0 Å². The van der Waals surface area contributed by atoms with Gasteiger partial charge in [-0.3, -0.25) is 0 Å². The summed E-state index contributed by atoms with van der Waals surface area (Å²) < 4.78 is 54.6. The second kappa shape index (κ2) is 26.4. The molecule has 13 N–H and O–H groups in total. The minimum atomic E-state index is -1.49. The average molecular weight is 913 g/mol. The monoisotopic (exact) mass is 912 g/mol. The van der Waals surface area contributed by atoms with Gasteiger partial charge in [0, 0.05) is 33.2 Å². The highest BCUT2D eigenvalue weighted by atomic mass is 16.7. The lowest BCUT2D eigenvalue weighted by molar-refractivity contribution is -0.328. The van der Waals surface area contributed by atoms with E-state index in [2.05, 4.69) is 0 Å². The van der Waals surface area contributed by atoms with E-state index in [1.165, 1.54) is 21.3 Å². The molecular weight excluding hydrogens is 836 g/mol. The topological polar surface area (TPSA) is 355 Å². The first-order chi connectivity index (χ1) is 28.8. The zero-order chi connectivity index (χ0) is 46.0. The predicted octanol–water partition coefficient (Wildman–Crippen LogP) is -5.66. The largest absolute Gasteiger partial charge is 0.394 e. The Morgan fingerprint density at radius 1 is 0.452 bits per heavy atom. The van der Waals surface area contributed by atoms with Crippen LogP contribution in [0, 0.1) is 11.8 Å². The third-order valence-corrected chi connectivity index (χ3v) is 12.1. The number of methoxy groups -OCH3 is 3. The van der Waals surface area contributed by atoms with Gasteiger partial charge in [0.05, 0.1) is 63.6 Å². The SMILES string of the molecule is C.CO[C@@H]1C(O)[C@@H](C)OC(CO)[C@@H]1O.CO[C@H](CO)[C@@H]1O[C@@H](O[C@@H]2C(C)[C@H](OC3[C@H]([C@H](O)CO)O[C@H](C)[C@H]3C)OC(CO)[C@H]2O)[C@@H](O)C1O.CO[C@H](CO)[C@@H]1O[C@H](C)[C@@H](O)C1O. The Bertz CT molecular complexity index is 1210. The highest BCUT2D eigenvalue weighted by Crippen LogP contribution is 2.38. The maximum absolute atomic E-state index is 10.8. The fraction of sp³-hybridized carbons (Fsp3) is 1.00. The van der Waals surface area contributed by atoms with E-state index in [4.69, 9.17) is 57.6 Å². The fourth-order valence-corrected chi connectivity index (χ4v) is 7.96. The van der Waals surface area contributed by atoms with E-state index in [0.717, 1.165) is 0 Å². The van der Waals surface area contributed by atoms with E-state index in [-0.39, 0.29) is 32.7 Å². The summed E-state index contributed by atoms with van der Waals surface area (Å²) in [6, 6.07) is 0. The lowest BCUT2D eigenvalue weighted by Gasteiger charge is -2.45. The van der Waals surface area contributed by atoms with Gasteiger partial charge in [-0.15, -0.1) is 0 Å². The van der Waals surface area contributed by atoms with Gasteiger partial charge in [-0.1, -0.05) is 21.3 Å². The zero-order valence-electron chi connectivity index (χ0n) is 35.9. The van der Waals surface area contributed by atoms with Crippen LogP contribution in [0.5, 0.6) is 0 Å². The van der Waals surface area contributed by atoms with Crippen LogP contribution in [0.1, 0.15) is 42.0 Å². The molecule has 0 saturated carbocycles. The molecule has 0 aliphatic carbocycles. The van der Waals surface area contributed by atoms with Gasteiger partial charge in [0.25, 0.3) is 0 Å². The van der Waals surface area contributed by atoms with E-state index in [0.29, 0.717) is 0 Å². The van der Waals surface area contributed by atoms with Crippen LogP contribution in [0.4, 0.5) is 0 Å². The van der Waals surface area contributed by atoms with Crippen molar-refractivity contribution in [2.75, 3.05) is 54.4 Å². The Hall–Kier alpha value is -0.920. The number of hydrogen-bond acceptors (Lipinski definition) is 23. The number of aliphatic hydroxyl groups is 13. The summed E-state index contributed by atoms with van der Waals surface area (Å²) in [5.74, 6) is -0.831. The zero-order valence-corrected chi connectivity index (χ0v) is 35.9. The minimum absolute atomic E-state index is 0. The van der Waals surface area contributed by atoms with Crippen molar-refractivity contribution in [3.8, 4) is 0 Å². The van der Waals surface area contributed by atoms with Crippen molar-refractivity contribution < 1.29 is 114 Å². The van der Waals surface area contributed by atoms with E-state index in [1.807, 2.05) is 13.8 Å². The summed E-state index contributed by atoms with van der Waals surface area (Å²) in [6.45, 7) is 6.65. The molecule has 23 nitrogen and oxygen atoms in total. The van der Waals surface area contributed by atoms with Crippen LogP contribution in [0.15, 0.2) is 0 Å². The quantitative estimate of drug-likeness (QED) is 0.0728. The third-order valence-electron chi connectivity index (χ3n) is 12.1.